The summed E-state index contributed by atoms with van der Waals surface area (Å²) in [5, 5.41) is 0.765. The Morgan fingerprint density at radius 1 is 0.822 bits per heavy atom. The number of benzene rings is 3. The highest BCUT2D eigenvalue weighted by molar-refractivity contribution is 7.89. The summed E-state index contributed by atoms with van der Waals surface area (Å²) in [6.07, 6.45) is 4.70. The van der Waals surface area contributed by atoms with Crippen LogP contribution in [0.1, 0.15) is 46.4 Å². The number of amides is 3. The highest BCUT2D eigenvalue weighted by Crippen LogP contribution is 2.38. The number of nitrogens with zero attached hydrogens (tertiary/aromatic N) is 4. The number of sulfonamides is 1. The summed E-state index contributed by atoms with van der Waals surface area (Å²) in [5.41, 5.74) is 3.06. The molecule has 3 aliphatic heterocycles. The molecule has 1 spiro atoms. The molecule has 3 aromatic carbocycles. The molecule has 10 nitrogen and oxygen atoms in total. The van der Waals surface area contributed by atoms with Crippen LogP contribution in [0, 0.1) is 0 Å². The van der Waals surface area contributed by atoms with Crippen LogP contribution >= 0.6 is 0 Å². The highest BCUT2D eigenvalue weighted by Gasteiger charge is 2.47. The van der Waals surface area contributed by atoms with Crippen molar-refractivity contribution in [3.8, 4) is 11.1 Å². The number of anilines is 1. The lowest BCUT2D eigenvalue weighted by Crippen LogP contribution is -2.59. The van der Waals surface area contributed by atoms with E-state index in [1.807, 2.05) is 23.1 Å². The average molecular weight is 623 g/mol. The van der Waals surface area contributed by atoms with Crippen molar-refractivity contribution in [3.05, 3.63) is 90.1 Å². The average Bonchev–Trinajstić information content (AvgIpc) is 3.88. The molecule has 228 valence electrons. The number of fused-ring (bicyclic) bond motifs is 2. The first-order chi connectivity index (χ1) is 21.7. The van der Waals surface area contributed by atoms with Crippen LogP contribution in [0.5, 0.6) is 0 Å². The molecule has 45 heavy (non-hydrogen) atoms. The van der Waals surface area contributed by atoms with Crippen molar-refractivity contribution in [2.45, 2.75) is 42.2 Å². The van der Waals surface area contributed by atoms with Crippen LogP contribution in [0.4, 0.5) is 5.69 Å². The van der Waals surface area contributed by atoms with E-state index in [0.717, 1.165) is 34.3 Å². The van der Waals surface area contributed by atoms with Gasteiger partial charge in [-0.15, -0.1) is 0 Å². The predicted molar refractivity (Wildman–Crippen MR) is 166 cm³/mol. The molecule has 0 N–H and O–H groups in total. The fourth-order valence-electron chi connectivity index (χ4n) is 6.70. The van der Waals surface area contributed by atoms with Gasteiger partial charge in [0.25, 0.3) is 11.8 Å². The molecule has 3 amide bonds. The maximum Gasteiger partial charge on any atom is 0.266 e. The normalized spacial score (nSPS) is 20.3. The van der Waals surface area contributed by atoms with E-state index >= 15 is 0 Å². The Balaban J connectivity index is 0.971. The van der Waals surface area contributed by atoms with E-state index in [1.165, 1.54) is 10.5 Å². The topological polar surface area (TPSA) is 117 Å². The summed E-state index contributed by atoms with van der Waals surface area (Å²) in [6.45, 7) is 1.30. The molecule has 0 radical (unpaired) electrons. The van der Waals surface area contributed by atoms with Gasteiger partial charge >= 0.3 is 0 Å². The number of pyridine rings is 1. The van der Waals surface area contributed by atoms with Crippen LogP contribution in [-0.4, -0.2) is 78.2 Å². The molecule has 4 heterocycles. The number of carbonyl (C=O) groups is 3. The number of imide groups is 1. The van der Waals surface area contributed by atoms with Crippen LogP contribution in [-0.2, 0) is 19.6 Å². The molecule has 0 atom stereocenters. The van der Waals surface area contributed by atoms with Gasteiger partial charge in [-0.25, -0.2) is 13.3 Å². The van der Waals surface area contributed by atoms with Crippen LogP contribution in [0.15, 0.2) is 83.9 Å². The smallest absolute Gasteiger partial charge is 0.266 e. The lowest BCUT2D eigenvalue weighted by atomic mass is 9.90. The molecule has 3 fully saturated rings. The van der Waals surface area contributed by atoms with Crippen LogP contribution < -0.4 is 4.90 Å². The van der Waals surface area contributed by atoms with Gasteiger partial charge < -0.3 is 9.64 Å². The summed E-state index contributed by atoms with van der Waals surface area (Å²) >= 11 is 0. The van der Waals surface area contributed by atoms with Gasteiger partial charge in [0, 0.05) is 24.5 Å². The molecule has 0 bridgehead atoms. The third-order valence-electron chi connectivity index (χ3n) is 9.45. The molecule has 1 aliphatic carbocycles. The Hall–Kier alpha value is -4.45. The van der Waals surface area contributed by atoms with Crippen LogP contribution in [0.25, 0.3) is 22.0 Å². The summed E-state index contributed by atoms with van der Waals surface area (Å²) in [4.78, 5) is 46.0. The quantitative estimate of drug-likeness (QED) is 0.306. The molecule has 4 aliphatic rings. The van der Waals surface area contributed by atoms with E-state index in [0.29, 0.717) is 60.8 Å². The molecule has 1 aromatic heterocycles. The second kappa shape index (κ2) is 10.3. The standard InChI is InChI=1S/C34H30N4O6S/c39-31-20-44-34(21-37(31)25-9-10-25)13-15-36(16-14-34)45(42,43)27-11-7-22(8-12-27)23-5-6-24-17-26(19-35-30(24)18-23)38-32(40)28-3-1-2-4-29(28)33(38)41/h1-8,11-12,17-19,25H,9-10,13-16,20-21H2. The zero-order valence-corrected chi connectivity index (χ0v) is 25.2. The minimum absolute atomic E-state index is 0.0339. The zero-order valence-electron chi connectivity index (χ0n) is 24.4. The van der Waals surface area contributed by atoms with E-state index in [2.05, 4.69) is 4.98 Å². The monoisotopic (exact) mass is 622 g/mol. The number of hydrogen-bond donors (Lipinski definition) is 0. The number of aromatic nitrogens is 1. The molecule has 11 heteroatoms. The number of morpholine rings is 1. The van der Waals surface area contributed by atoms with Gasteiger partial charge in [-0.3, -0.25) is 19.4 Å². The Bertz CT molecular complexity index is 1960. The summed E-state index contributed by atoms with van der Waals surface area (Å²) in [6, 6.07) is 21.4. The maximum atomic E-state index is 13.5. The number of piperidine rings is 1. The molecule has 2 saturated heterocycles. The summed E-state index contributed by atoms with van der Waals surface area (Å²) in [5.74, 6) is -0.704. The first-order valence-electron chi connectivity index (χ1n) is 15.1. The Labute approximate surface area is 260 Å². The van der Waals surface area contributed by atoms with Gasteiger partial charge in [0.15, 0.2) is 0 Å². The molecular formula is C34H30N4O6S. The number of carbonyl (C=O) groups excluding carboxylic acids is 3. The van der Waals surface area contributed by atoms with Crippen molar-refractivity contribution in [1.29, 1.82) is 0 Å². The minimum atomic E-state index is -3.70. The Morgan fingerprint density at radius 2 is 1.49 bits per heavy atom. The van der Waals surface area contributed by atoms with Crippen molar-refractivity contribution in [1.82, 2.24) is 14.2 Å². The number of rotatable bonds is 5. The Morgan fingerprint density at radius 3 is 2.16 bits per heavy atom. The largest absolute Gasteiger partial charge is 0.363 e. The maximum absolute atomic E-state index is 13.5. The fraction of sp³-hybridized carbons (Fsp3) is 0.294. The molecule has 1 saturated carbocycles. The lowest BCUT2D eigenvalue weighted by Gasteiger charge is -2.46. The van der Waals surface area contributed by atoms with E-state index in [9.17, 15) is 22.8 Å². The molecule has 8 rings (SSSR count). The van der Waals surface area contributed by atoms with Crippen molar-refractivity contribution >= 4 is 44.3 Å². The van der Waals surface area contributed by atoms with E-state index in [4.69, 9.17) is 4.74 Å². The summed E-state index contributed by atoms with van der Waals surface area (Å²) in [7, 11) is -3.70. The van der Waals surface area contributed by atoms with Crippen molar-refractivity contribution in [3.63, 3.8) is 0 Å². The number of hydrogen-bond acceptors (Lipinski definition) is 7. The molecular weight excluding hydrogens is 592 g/mol. The Kier molecular flexibility index (Phi) is 6.42. The van der Waals surface area contributed by atoms with Gasteiger partial charge in [-0.1, -0.05) is 36.4 Å². The molecule has 4 aromatic rings. The van der Waals surface area contributed by atoms with E-state index in [-0.39, 0.29) is 29.2 Å². The highest BCUT2D eigenvalue weighted by atomic mass is 32.2. The van der Waals surface area contributed by atoms with Crippen molar-refractivity contribution in [2.75, 3.05) is 31.1 Å². The van der Waals surface area contributed by atoms with Gasteiger partial charge in [0.05, 0.1) is 45.6 Å². The number of ether oxygens (including phenoxy) is 1. The first-order valence-corrected chi connectivity index (χ1v) is 16.6. The van der Waals surface area contributed by atoms with Gasteiger partial charge in [-0.05, 0) is 73.2 Å². The zero-order chi connectivity index (χ0) is 30.9. The second-order valence-electron chi connectivity index (χ2n) is 12.2. The summed E-state index contributed by atoms with van der Waals surface area (Å²) < 4.78 is 34.6. The minimum Gasteiger partial charge on any atom is -0.363 e. The third-order valence-corrected chi connectivity index (χ3v) is 11.4. The van der Waals surface area contributed by atoms with Crippen LogP contribution in [0.2, 0.25) is 0 Å². The lowest BCUT2D eigenvalue weighted by molar-refractivity contribution is -0.170. The van der Waals surface area contributed by atoms with Gasteiger partial charge in [0.1, 0.15) is 6.61 Å². The van der Waals surface area contributed by atoms with Crippen molar-refractivity contribution < 1.29 is 27.5 Å². The van der Waals surface area contributed by atoms with Gasteiger partial charge in [-0.2, -0.15) is 4.31 Å². The second-order valence-corrected chi connectivity index (χ2v) is 14.2. The van der Waals surface area contributed by atoms with Gasteiger partial charge in [0.2, 0.25) is 15.9 Å². The van der Waals surface area contributed by atoms with E-state index < -0.39 is 15.6 Å². The third kappa shape index (κ3) is 4.73. The van der Waals surface area contributed by atoms with Crippen molar-refractivity contribution in [2.24, 2.45) is 0 Å². The van der Waals surface area contributed by atoms with E-state index in [1.54, 1.807) is 54.6 Å². The SMILES string of the molecule is O=C1c2ccccc2C(=O)N1c1cnc2cc(-c3ccc(S(=O)(=O)N4CCC5(CC4)CN(C4CC4)C(=O)CO5)cc3)ccc2c1. The van der Waals surface area contributed by atoms with Crippen LogP contribution in [0.3, 0.4) is 0 Å². The first kappa shape index (κ1) is 28.1. The predicted octanol–water partition coefficient (Wildman–Crippen LogP) is 4.25. The molecule has 0 unspecified atom stereocenters. The fourth-order valence-corrected chi connectivity index (χ4v) is 8.14.